The van der Waals surface area contributed by atoms with E-state index in [4.69, 9.17) is 21.1 Å². The summed E-state index contributed by atoms with van der Waals surface area (Å²) >= 11 is 5.88. The number of carbonyl (C=O) groups is 2. The zero-order valence-electron chi connectivity index (χ0n) is 13.5. The Morgan fingerprint density at radius 3 is 2.59 bits per heavy atom. The topological polar surface area (TPSA) is 83.1 Å². The Labute approximate surface area is 156 Å². The van der Waals surface area contributed by atoms with Crippen molar-refractivity contribution in [3.8, 4) is 17.2 Å². The van der Waals surface area contributed by atoms with E-state index in [2.05, 4.69) is 14.8 Å². The summed E-state index contributed by atoms with van der Waals surface area (Å²) in [6.45, 7) is -1.02. The zero-order chi connectivity index (χ0) is 19.4. The molecule has 10 heteroatoms. The summed E-state index contributed by atoms with van der Waals surface area (Å²) in [7, 11) is 0. The summed E-state index contributed by atoms with van der Waals surface area (Å²) in [6, 6.07) is 10.3. The molecule has 7 nitrogen and oxygen atoms in total. The van der Waals surface area contributed by atoms with Gasteiger partial charge >= 0.3 is 12.3 Å². The fraction of sp³-hybridized carbons (Fsp3) is 0.176. The third kappa shape index (κ3) is 4.98. The number of esters is 1. The highest BCUT2D eigenvalue weighted by atomic mass is 35.5. The van der Waals surface area contributed by atoms with Crippen LogP contribution < -0.4 is 19.5 Å². The first-order valence-corrected chi connectivity index (χ1v) is 7.93. The number of amides is 1. The fourth-order valence-electron chi connectivity index (χ4n) is 2.11. The van der Waals surface area contributed by atoms with E-state index in [9.17, 15) is 18.4 Å². The van der Waals surface area contributed by atoms with Gasteiger partial charge in [0.15, 0.2) is 24.7 Å². The molecule has 1 amide bonds. The van der Waals surface area contributed by atoms with Crippen molar-refractivity contribution in [1.29, 1.82) is 0 Å². The molecule has 1 N–H and O–H groups in total. The number of ether oxygens (including phenoxy) is 4. The van der Waals surface area contributed by atoms with Crippen molar-refractivity contribution in [2.75, 3.05) is 18.5 Å². The molecule has 0 unspecified atom stereocenters. The molecule has 0 saturated carbocycles. The third-order valence-corrected chi connectivity index (χ3v) is 3.54. The molecule has 0 spiro atoms. The lowest BCUT2D eigenvalue weighted by atomic mass is 10.3. The summed E-state index contributed by atoms with van der Waals surface area (Å²) in [5.74, 6) is -1.52. The van der Waals surface area contributed by atoms with E-state index in [1.165, 1.54) is 12.1 Å². The first-order valence-electron chi connectivity index (χ1n) is 7.55. The maximum atomic E-state index is 13.0. The Balaban J connectivity index is 1.45. The van der Waals surface area contributed by atoms with Crippen LogP contribution in [0, 0.1) is 0 Å². The standard InChI is InChI=1S/C17H12ClF2NO6/c18-11-3-1-2-4-12(11)24-9-16(23)25-8-15(22)21-10-5-6-13-14(7-10)27-17(19,20)26-13/h1-7H,8-9H2,(H,21,22). The Bertz CT molecular complexity index is 876. The van der Waals surface area contributed by atoms with E-state index in [0.29, 0.717) is 10.8 Å². The highest BCUT2D eigenvalue weighted by Gasteiger charge is 2.43. The van der Waals surface area contributed by atoms with Crippen LogP contribution in [0.3, 0.4) is 0 Å². The number of hydrogen-bond acceptors (Lipinski definition) is 6. The summed E-state index contributed by atoms with van der Waals surface area (Å²) in [4.78, 5) is 23.4. The van der Waals surface area contributed by atoms with Gasteiger partial charge in [-0.3, -0.25) is 4.79 Å². The van der Waals surface area contributed by atoms with Crippen molar-refractivity contribution >= 4 is 29.2 Å². The van der Waals surface area contributed by atoms with Crippen LogP contribution in [0.1, 0.15) is 0 Å². The minimum Gasteiger partial charge on any atom is -0.480 e. The molecule has 0 fully saturated rings. The van der Waals surface area contributed by atoms with Gasteiger partial charge < -0.3 is 24.3 Å². The van der Waals surface area contributed by atoms with Crippen molar-refractivity contribution in [1.82, 2.24) is 0 Å². The van der Waals surface area contributed by atoms with Crippen molar-refractivity contribution in [3.63, 3.8) is 0 Å². The maximum Gasteiger partial charge on any atom is 0.586 e. The molecule has 1 heterocycles. The van der Waals surface area contributed by atoms with Gasteiger partial charge in [-0.1, -0.05) is 23.7 Å². The van der Waals surface area contributed by atoms with E-state index in [1.807, 2.05) is 0 Å². The van der Waals surface area contributed by atoms with Crippen LogP contribution in [-0.4, -0.2) is 31.4 Å². The number of halogens is 3. The summed E-state index contributed by atoms with van der Waals surface area (Å²) in [5, 5.41) is 2.71. The quantitative estimate of drug-likeness (QED) is 0.751. The van der Waals surface area contributed by atoms with Crippen LogP contribution in [0.25, 0.3) is 0 Å². The lowest BCUT2D eigenvalue weighted by Crippen LogP contribution is -2.26. The molecular weight excluding hydrogens is 388 g/mol. The van der Waals surface area contributed by atoms with E-state index in [-0.39, 0.29) is 17.2 Å². The minimum absolute atomic E-state index is 0.152. The number of hydrogen-bond donors (Lipinski definition) is 1. The van der Waals surface area contributed by atoms with Crippen molar-refractivity contribution in [2.24, 2.45) is 0 Å². The molecule has 0 atom stereocenters. The first kappa shape index (κ1) is 18.7. The molecule has 0 aromatic heterocycles. The second-order valence-electron chi connectivity index (χ2n) is 5.26. The minimum atomic E-state index is -3.75. The largest absolute Gasteiger partial charge is 0.586 e. The van der Waals surface area contributed by atoms with Gasteiger partial charge in [0, 0.05) is 11.8 Å². The molecule has 0 aliphatic carbocycles. The second kappa shape index (κ2) is 7.67. The Kier molecular flexibility index (Phi) is 5.31. The molecule has 142 valence electrons. The number of fused-ring (bicyclic) bond motifs is 1. The highest BCUT2D eigenvalue weighted by Crippen LogP contribution is 2.42. The van der Waals surface area contributed by atoms with E-state index < -0.39 is 31.4 Å². The summed E-state index contributed by atoms with van der Waals surface area (Å²) in [5.41, 5.74) is 0.170. The Morgan fingerprint density at radius 1 is 1.07 bits per heavy atom. The lowest BCUT2D eigenvalue weighted by molar-refractivity contribution is -0.286. The van der Waals surface area contributed by atoms with Crippen LogP contribution in [0.5, 0.6) is 17.2 Å². The van der Waals surface area contributed by atoms with Gasteiger partial charge in [0.05, 0.1) is 5.02 Å². The number of para-hydroxylation sites is 1. The zero-order valence-corrected chi connectivity index (χ0v) is 14.3. The SMILES string of the molecule is O=C(COC(=O)COc1ccccc1Cl)Nc1ccc2c(c1)OC(F)(F)O2. The van der Waals surface area contributed by atoms with Crippen LogP contribution in [0.2, 0.25) is 5.02 Å². The summed E-state index contributed by atoms with van der Waals surface area (Å²) < 4.78 is 44.4. The monoisotopic (exact) mass is 399 g/mol. The number of alkyl halides is 2. The lowest BCUT2D eigenvalue weighted by Gasteiger charge is -2.09. The molecule has 3 rings (SSSR count). The van der Waals surface area contributed by atoms with Crippen molar-refractivity contribution in [3.05, 3.63) is 47.5 Å². The number of benzene rings is 2. The molecule has 2 aromatic rings. The number of nitrogens with one attached hydrogen (secondary N) is 1. The van der Waals surface area contributed by atoms with E-state index >= 15 is 0 Å². The van der Waals surface area contributed by atoms with E-state index in [0.717, 1.165) is 6.07 Å². The second-order valence-corrected chi connectivity index (χ2v) is 5.66. The number of rotatable bonds is 6. The van der Waals surface area contributed by atoms with Gasteiger partial charge in [-0.15, -0.1) is 8.78 Å². The Hall–Kier alpha value is -3.07. The predicted octanol–water partition coefficient (Wildman–Crippen LogP) is 3.22. The van der Waals surface area contributed by atoms with Gasteiger partial charge in [0.2, 0.25) is 0 Å². The molecule has 0 radical (unpaired) electrons. The molecule has 0 saturated heterocycles. The van der Waals surface area contributed by atoms with Gasteiger partial charge in [0.25, 0.3) is 5.91 Å². The molecule has 0 bridgehead atoms. The molecule has 2 aromatic carbocycles. The highest BCUT2D eigenvalue weighted by molar-refractivity contribution is 6.32. The maximum absolute atomic E-state index is 13.0. The fourth-order valence-corrected chi connectivity index (χ4v) is 2.30. The average Bonchev–Trinajstić information content (AvgIpc) is 2.92. The van der Waals surface area contributed by atoms with Gasteiger partial charge in [-0.2, -0.15) is 0 Å². The molecule has 27 heavy (non-hydrogen) atoms. The third-order valence-electron chi connectivity index (χ3n) is 3.23. The average molecular weight is 400 g/mol. The smallest absolute Gasteiger partial charge is 0.480 e. The first-order chi connectivity index (χ1) is 12.8. The van der Waals surface area contributed by atoms with Gasteiger partial charge in [-0.25, -0.2) is 4.79 Å². The van der Waals surface area contributed by atoms with Crippen molar-refractivity contribution in [2.45, 2.75) is 6.29 Å². The van der Waals surface area contributed by atoms with E-state index in [1.54, 1.807) is 24.3 Å². The van der Waals surface area contributed by atoms with Crippen LogP contribution in [-0.2, 0) is 14.3 Å². The number of carbonyl (C=O) groups excluding carboxylic acids is 2. The van der Waals surface area contributed by atoms with Crippen LogP contribution in [0.15, 0.2) is 42.5 Å². The summed E-state index contributed by atoms with van der Waals surface area (Å²) in [6.07, 6.45) is -3.75. The molecular formula is C17H12ClF2NO6. The predicted molar refractivity (Wildman–Crippen MR) is 89.2 cm³/mol. The molecule has 1 aliphatic heterocycles. The van der Waals surface area contributed by atoms with Crippen LogP contribution >= 0.6 is 11.6 Å². The van der Waals surface area contributed by atoms with Gasteiger partial charge in [-0.05, 0) is 24.3 Å². The van der Waals surface area contributed by atoms with Crippen molar-refractivity contribution < 1.29 is 37.3 Å². The Morgan fingerprint density at radius 2 is 1.81 bits per heavy atom. The molecule has 1 aliphatic rings. The van der Waals surface area contributed by atoms with Gasteiger partial charge in [0.1, 0.15) is 5.75 Å². The van der Waals surface area contributed by atoms with Crippen LogP contribution in [0.4, 0.5) is 14.5 Å². The number of anilines is 1. The normalized spacial score (nSPS) is 13.7.